The van der Waals surface area contributed by atoms with E-state index >= 15 is 0 Å². The Balaban J connectivity index is 1.36. The van der Waals surface area contributed by atoms with Gasteiger partial charge < -0.3 is 10.6 Å². The van der Waals surface area contributed by atoms with Crippen LogP contribution in [0, 0.1) is 11.3 Å². The third-order valence-electron chi connectivity index (χ3n) is 8.30. The fourth-order valence-electron chi connectivity index (χ4n) is 5.81. The van der Waals surface area contributed by atoms with Crippen LogP contribution in [0.5, 0.6) is 0 Å². The van der Waals surface area contributed by atoms with Gasteiger partial charge in [0.2, 0.25) is 0 Å². The van der Waals surface area contributed by atoms with Crippen LogP contribution in [0.15, 0.2) is 73.1 Å². The maximum atomic E-state index is 9.95. The number of fused-ring (bicyclic) bond motifs is 1. The molecule has 3 heterocycles. The smallest absolute Gasteiger partial charge is 0.109 e. The highest BCUT2D eigenvalue weighted by Gasteiger charge is 2.29. The molecule has 0 bridgehead atoms. The number of halogens is 3. The van der Waals surface area contributed by atoms with E-state index in [1.54, 1.807) is 6.07 Å². The first-order valence-corrected chi connectivity index (χ1v) is 16.0. The molecule has 3 aromatic carbocycles. The quantitative estimate of drug-likeness (QED) is 0.180. The van der Waals surface area contributed by atoms with E-state index in [4.69, 9.17) is 34.8 Å². The minimum atomic E-state index is -0.355. The molecule has 2 N–H and O–H groups in total. The molecule has 0 aliphatic carbocycles. The van der Waals surface area contributed by atoms with Gasteiger partial charge in [-0.1, -0.05) is 64.3 Å². The van der Waals surface area contributed by atoms with Crippen molar-refractivity contribution in [2.75, 3.05) is 23.7 Å². The zero-order valence-corrected chi connectivity index (χ0v) is 27.5. The SMILES string of the molecule is CC(C)(C)N1CCC(n2cc([C@@H](Nc3cc(Cl)c4ncc(C#N)c(Nc5ccccc5Cl)c4c3)c3ccc(Cl)cc3)nn2)CC1. The number of likely N-dealkylation sites (tertiary alicyclic amines) is 1. The fraction of sp³-hybridized carbons (Fsp3) is 0.294. The van der Waals surface area contributed by atoms with E-state index in [0.717, 1.165) is 42.9 Å². The van der Waals surface area contributed by atoms with Crippen LogP contribution < -0.4 is 10.6 Å². The second-order valence-electron chi connectivity index (χ2n) is 12.3. The van der Waals surface area contributed by atoms with Crippen molar-refractivity contribution < 1.29 is 0 Å². The van der Waals surface area contributed by atoms with Crippen LogP contribution in [0.2, 0.25) is 15.1 Å². The average molecular weight is 660 g/mol. The van der Waals surface area contributed by atoms with Crippen LogP contribution in [0.25, 0.3) is 10.9 Å². The predicted octanol–water partition coefficient (Wildman–Crippen LogP) is 9.04. The third-order valence-corrected chi connectivity index (χ3v) is 9.17. The summed E-state index contributed by atoms with van der Waals surface area (Å²) in [6, 6.07) is 21.0. The summed E-state index contributed by atoms with van der Waals surface area (Å²) in [6.07, 6.45) is 5.57. The Labute approximate surface area is 277 Å². The molecule has 2 aromatic heterocycles. The van der Waals surface area contributed by atoms with Gasteiger partial charge in [-0.3, -0.25) is 9.88 Å². The Morgan fingerprint density at radius 2 is 1.71 bits per heavy atom. The van der Waals surface area contributed by atoms with Gasteiger partial charge in [0.05, 0.1) is 50.8 Å². The predicted molar refractivity (Wildman–Crippen MR) is 183 cm³/mol. The lowest BCUT2D eigenvalue weighted by Crippen LogP contribution is -2.46. The molecular weight excluding hydrogens is 627 g/mol. The van der Waals surface area contributed by atoms with E-state index in [1.165, 1.54) is 6.20 Å². The first kappa shape index (κ1) is 31.1. The molecule has 0 spiro atoms. The molecule has 0 radical (unpaired) electrons. The first-order chi connectivity index (χ1) is 21.6. The largest absolute Gasteiger partial charge is 0.373 e. The molecule has 1 fully saturated rings. The van der Waals surface area contributed by atoms with Gasteiger partial charge in [0.25, 0.3) is 0 Å². The van der Waals surface area contributed by atoms with E-state index in [2.05, 4.69) is 57.7 Å². The number of nitriles is 1. The summed E-state index contributed by atoms with van der Waals surface area (Å²) in [5, 5.41) is 28.4. The summed E-state index contributed by atoms with van der Waals surface area (Å²) in [5.74, 6) is 0. The van der Waals surface area contributed by atoms with Gasteiger partial charge >= 0.3 is 0 Å². The number of benzene rings is 3. The van der Waals surface area contributed by atoms with Crippen LogP contribution in [0.4, 0.5) is 17.1 Å². The lowest BCUT2D eigenvalue weighted by Gasteiger charge is -2.40. The Morgan fingerprint density at radius 1 is 0.978 bits per heavy atom. The van der Waals surface area contributed by atoms with Crippen LogP contribution in [-0.4, -0.2) is 43.5 Å². The summed E-state index contributed by atoms with van der Waals surface area (Å²) in [6.45, 7) is 8.81. The molecule has 0 unspecified atom stereocenters. The number of hydrogen-bond donors (Lipinski definition) is 2. The second kappa shape index (κ2) is 12.9. The summed E-state index contributed by atoms with van der Waals surface area (Å²) < 4.78 is 2.00. The zero-order valence-electron chi connectivity index (χ0n) is 25.2. The van der Waals surface area contributed by atoms with Crippen LogP contribution in [0.3, 0.4) is 0 Å². The number of nitrogens with zero attached hydrogens (tertiary/aromatic N) is 6. The van der Waals surface area contributed by atoms with E-state index in [0.29, 0.717) is 42.9 Å². The minimum Gasteiger partial charge on any atom is -0.373 e. The molecule has 8 nitrogen and oxygen atoms in total. The monoisotopic (exact) mass is 658 g/mol. The topological polar surface area (TPSA) is 94.7 Å². The van der Waals surface area contributed by atoms with Gasteiger partial charge in [-0.25, -0.2) is 4.68 Å². The second-order valence-corrected chi connectivity index (χ2v) is 13.5. The van der Waals surface area contributed by atoms with Gasteiger partial charge in [-0.2, -0.15) is 5.26 Å². The average Bonchev–Trinajstić information content (AvgIpc) is 3.51. The van der Waals surface area contributed by atoms with Crippen LogP contribution in [-0.2, 0) is 0 Å². The summed E-state index contributed by atoms with van der Waals surface area (Å²) in [4.78, 5) is 7.02. The molecule has 45 heavy (non-hydrogen) atoms. The molecule has 1 aliphatic heterocycles. The number of piperidine rings is 1. The normalized spacial score (nSPS) is 15.1. The molecule has 1 saturated heterocycles. The highest BCUT2D eigenvalue weighted by molar-refractivity contribution is 6.36. The molecule has 1 aliphatic rings. The maximum absolute atomic E-state index is 9.95. The van der Waals surface area contributed by atoms with Crippen molar-refractivity contribution in [3.8, 4) is 6.07 Å². The third kappa shape index (κ3) is 6.73. The molecular formula is C34H33Cl3N8. The molecule has 5 aromatic rings. The van der Waals surface area contributed by atoms with Gasteiger partial charge in [0, 0.05) is 40.9 Å². The highest BCUT2D eigenvalue weighted by atomic mass is 35.5. The van der Waals surface area contributed by atoms with E-state index in [1.807, 2.05) is 65.5 Å². The van der Waals surface area contributed by atoms with Crippen molar-refractivity contribution >= 4 is 62.8 Å². The molecule has 1 atom stereocenters. The van der Waals surface area contributed by atoms with Crippen molar-refractivity contribution in [2.45, 2.75) is 51.2 Å². The van der Waals surface area contributed by atoms with Gasteiger partial charge in [0.1, 0.15) is 11.8 Å². The molecule has 0 amide bonds. The summed E-state index contributed by atoms with van der Waals surface area (Å²) in [7, 11) is 0. The highest BCUT2D eigenvalue weighted by Crippen LogP contribution is 2.38. The van der Waals surface area contributed by atoms with E-state index < -0.39 is 0 Å². The lowest BCUT2D eigenvalue weighted by atomic mass is 9.98. The number of hydrogen-bond acceptors (Lipinski definition) is 7. The maximum Gasteiger partial charge on any atom is 0.109 e. The van der Waals surface area contributed by atoms with Gasteiger partial charge in [-0.05, 0) is 75.6 Å². The van der Waals surface area contributed by atoms with Crippen molar-refractivity contribution in [1.82, 2.24) is 24.9 Å². The fourth-order valence-corrected chi connectivity index (χ4v) is 6.39. The minimum absolute atomic E-state index is 0.148. The van der Waals surface area contributed by atoms with Crippen molar-refractivity contribution in [3.05, 3.63) is 105 Å². The van der Waals surface area contributed by atoms with E-state index in [9.17, 15) is 5.26 Å². The van der Waals surface area contributed by atoms with Crippen molar-refractivity contribution in [2.24, 2.45) is 0 Å². The number of para-hydroxylation sites is 1. The molecule has 230 valence electrons. The Kier molecular flexibility index (Phi) is 8.89. The molecule has 11 heteroatoms. The van der Waals surface area contributed by atoms with Gasteiger partial charge in [-0.15, -0.1) is 5.10 Å². The summed E-state index contributed by atoms with van der Waals surface area (Å²) in [5.41, 5.74) is 4.76. The van der Waals surface area contributed by atoms with Crippen molar-refractivity contribution in [1.29, 1.82) is 5.26 Å². The number of aromatic nitrogens is 4. The van der Waals surface area contributed by atoms with Crippen LogP contribution in [0.1, 0.15) is 62.5 Å². The standard InChI is InChI=1S/C34H33Cl3N8/c1-34(2,3)44-14-12-25(13-15-44)45-20-30(42-43-45)32(21-8-10-23(35)11-9-21)40-24-16-26-31(41-29-7-5-4-6-27(29)36)22(18-38)19-39-33(26)28(37)17-24/h4-11,16-17,19-20,25,32,40H,12-15H2,1-3H3,(H,39,41)/t32-/m0/s1. The Hall–Kier alpha value is -3.87. The number of rotatable bonds is 7. The lowest BCUT2D eigenvalue weighted by molar-refractivity contribution is 0.0866. The Morgan fingerprint density at radius 3 is 2.40 bits per heavy atom. The Bertz CT molecular complexity index is 1870. The number of anilines is 3. The van der Waals surface area contributed by atoms with Crippen molar-refractivity contribution in [3.63, 3.8) is 0 Å². The number of pyridine rings is 1. The van der Waals surface area contributed by atoms with Gasteiger partial charge in [0.15, 0.2) is 0 Å². The number of nitrogens with one attached hydrogen (secondary N) is 2. The zero-order chi connectivity index (χ0) is 31.7. The van der Waals surface area contributed by atoms with E-state index in [-0.39, 0.29) is 17.6 Å². The molecule has 6 rings (SSSR count). The van der Waals surface area contributed by atoms with Crippen LogP contribution >= 0.6 is 34.8 Å². The molecule has 0 saturated carbocycles. The summed E-state index contributed by atoms with van der Waals surface area (Å²) >= 11 is 19.5. The first-order valence-electron chi connectivity index (χ1n) is 14.8.